The Morgan fingerprint density at radius 3 is 2.85 bits per heavy atom. The van der Waals surface area contributed by atoms with Crippen LogP contribution in [0.25, 0.3) is 0 Å². The zero-order valence-electron chi connectivity index (χ0n) is 14.2. The van der Waals surface area contributed by atoms with Crippen LogP contribution in [0, 0.1) is 0 Å². The van der Waals surface area contributed by atoms with E-state index in [1.54, 1.807) is 23.3 Å². The van der Waals surface area contributed by atoms with E-state index >= 15 is 0 Å². The summed E-state index contributed by atoms with van der Waals surface area (Å²) in [4.78, 5) is 15.9. The predicted molar refractivity (Wildman–Crippen MR) is 99.8 cm³/mol. The molecule has 0 aliphatic carbocycles. The maximum absolute atomic E-state index is 11.9. The molecule has 0 aliphatic rings. The summed E-state index contributed by atoms with van der Waals surface area (Å²) < 4.78 is 12.8. The Balaban J connectivity index is 1.55. The molecule has 26 heavy (non-hydrogen) atoms. The lowest BCUT2D eigenvalue weighted by atomic mass is 10.3. The molecule has 3 aromatic rings. The number of anilines is 1. The number of nitrogens with one attached hydrogen (secondary N) is 1. The molecule has 8 nitrogen and oxygen atoms in total. The number of aromatic nitrogens is 4. The maximum Gasteiger partial charge on any atom is 0.236 e. The normalized spacial score (nSPS) is 10.5. The molecule has 0 radical (unpaired) electrons. The van der Waals surface area contributed by atoms with Gasteiger partial charge in [-0.3, -0.25) is 4.79 Å². The van der Waals surface area contributed by atoms with Crippen LogP contribution in [0.1, 0.15) is 5.82 Å². The number of para-hydroxylation sites is 2. The lowest BCUT2D eigenvalue weighted by Crippen LogP contribution is -2.14. The number of carbonyl (C=O) groups excluding carboxylic acids is 1. The first kappa shape index (κ1) is 18.2. The summed E-state index contributed by atoms with van der Waals surface area (Å²) in [6, 6.07) is 7.40. The number of benzene rings is 1. The minimum atomic E-state index is -0.139. The number of thioether (sulfide) groups is 1. The Kier molecular flexibility index (Phi) is 6.08. The number of hydrogen-bond acceptors (Lipinski definition) is 8. The van der Waals surface area contributed by atoms with E-state index in [2.05, 4.69) is 20.5 Å². The number of nitrogens with zero attached hydrogens (tertiary/aromatic N) is 4. The minimum absolute atomic E-state index is 0.139. The number of rotatable bonds is 8. The zero-order valence-corrected chi connectivity index (χ0v) is 15.8. The van der Waals surface area contributed by atoms with Crippen molar-refractivity contribution < 1.29 is 14.3 Å². The third-order valence-corrected chi connectivity index (χ3v) is 5.07. The van der Waals surface area contributed by atoms with Crippen molar-refractivity contribution >= 4 is 34.1 Å². The third-order valence-electron chi connectivity index (χ3n) is 3.36. The fraction of sp³-hybridized carbons (Fsp3) is 0.250. The number of amides is 1. The van der Waals surface area contributed by atoms with Crippen LogP contribution in [0.2, 0.25) is 0 Å². The van der Waals surface area contributed by atoms with Gasteiger partial charge in [0.2, 0.25) is 5.91 Å². The first-order valence-electron chi connectivity index (χ1n) is 7.63. The van der Waals surface area contributed by atoms with Gasteiger partial charge in [-0.2, -0.15) is 0 Å². The molecular weight excluding hydrogens is 374 g/mol. The SMILES string of the molecule is COc1ccccc1OCc1nnc(SCC(=O)Nc2nccs2)n1C. The first-order chi connectivity index (χ1) is 12.7. The van der Waals surface area contributed by atoms with Crippen LogP contribution in [-0.4, -0.2) is 38.5 Å². The maximum atomic E-state index is 11.9. The molecule has 1 amide bonds. The molecule has 0 saturated carbocycles. The van der Waals surface area contributed by atoms with Crippen LogP contribution < -0.4 is 14.8 Å². The molecule has 1 aromatic carbocycles. The minimum Gasteiger partial charge on any atom is -0.493 e. The highest BCUT2D eigenvalue weighted by molar-refractivity contribution is 7.99. The summed E-state index contributed by atoms with van der Waals surface area (Å²) in [6.45, 7) is 0.246. The van der Waals surface area contributed by atoms with Gasteiger partial charge in [0.15, 0.2) is 27.6 Å². The summed E-state index contributed by atoms with van der Waals surface area (Å²) in [5.41, 5.74) is 0. The van der Waals surface area contributed by atoms with E-state index in [0.717, 1.165) is 0 Å². The Morgan fingerprint density at radius 2 is 2.12 bits per heavy atom. The Bertz CT molecular complexity index is 867. The van der Waals surface area contributed by atoms with Crippen molar-refractivity contribution in [1.29, 1.82) is 0 Å². The number of hydrogen-bond donors (Lipinski definition) is 1. The Morgan fingerprint density at radius 1 is 1.31 bits per heavy atom. The quantitative estimate of drug-likeness (QED) is 0.590. The molecule has 0 saturated heterocycles. The van der Waals surface area contributed by atoms with E-state index in [9.17, 15) is 4.79 Å². The highest BCUT2D eigenvalue weighted by Crippen LogP contribution is 2.26. The highest BCUT2D eigenvalue weighted by atomic mass is 32.2. The van der Waals surface area contributed by atoms with Gasteiger partial charge < -0.3 is 19.4 Å². The molecule has 10 heteroatoms. The average molecular weight is 391 g/mol. The van der Waals surface area contributed by atoms with Crippen LogP contribution in [0.3, 0.4) is 0 Å². The molecular formula is C16H17N5O3S2. The second kappa shape index (κ2) is 8.68. The molecule has 0 fully saturated rings. The first-order valence-corrected chi connectivity index (χ1v) is 9.50. The summed E-state index contributed by atoms with van der Waals surface area (Å²) in [6.07, 6.45) is 1.64. The van der Waals surface area contributed by atoms with E-state index in [0.29, 0.717) is 27.6 Å². The molecule has 0 unspecified atom stereocenters. The van der Waals surface area contributed by atoms with Gasteiger partial charge in [-0.05, 0) is 12.1 Å². The van der Waals surface area contributed by atoms with Gasteiger partial charge in [-0.1, -0.05) is 23.9 Å². The van der Waals surface area contributed by atoms with E-state index in [1.807, 2.05) is 31.3 Å². The van der Waals surface area contributed by atoms with Crippen molar-refractivity contribution in [3.63, 3.8) is 0 Å². The van der Waals surface area contributed by atoms with Gasteiger partial charge in [0.1, 0.15) is 6.61 Å². The molecule has 2 aromatic heterocycles. The molecule has 136 valence electrons. The Labute approximate surface area is 158 Å². The van der Waals surface area contributed by atoms with Crippen molar-refractivity contribution in [3.8, 4) is 11.5 Å². The topological polar surface area (TPSA) is 91.2 Å². The van der Waals surface area contributed by atoms with Crippen LogP contribution >= 0.6 is 23.1 Å². The number of ether oxygens (including phenoxy) is 2. The van der Waals surface area contributed by atoms with Crippen molar-refractivity contribution in [2.45, 2.75) is 11.8 Å². The molecule has 2 heterocycles. The van der Waals surface area contributed by atoms with E-state index in [4.69, 9.17) is 9.47 Å². The molecule has 0 bridgehead atoms. The van der Waals surface area contributed by atoms with Gasteiger partial charge >= 0.3 is 0 Å². The molecule has 0 spiro atoms. The largest absolute Gasteiger partial charge is 0.493 e. The number of thiazole rings is 1. The van der Waals surface area contributed by atoms with Crippen molar-refractivity contribution in [2.75, 3.05) is 18.2 Å². The van der Waals surface area contributed by atoms with Gasteiger partial charge in [0.05, 0.1) is 12.9 Å². The smallest absolute Gasteiger partial charge is 0.236 e. The molecule has 3 rings (SSSR count). The highest BCUT2D eigenvalue weighted by Gasteiger charge is 2.13. The standard InChI is InChI=1S/C16H17N5O3S2/c1-21-13(9-24-12-6-4-3-5-11(12)23-2)19-20-16(21)26-10-14(22)18-15-17-7-8-25-15/h3-8H,9-10H2,1-2H3,(H,17,18,22). The third kappa shape index (κ3) is 4.52. The lowest BCUT2D eigenvalue weighted by molar-refractivity contribution is -0.113. The van der Waals surface area contributed by atoms with Crippen molar-refractivity contribution in [2.24, 2.45) is 7.05 Å². The van der Waals surface area contributed by atoms with Gasteiger partial charge in [0.25, 0.3) is 0 Å². The summed E-state index contributed by atoms with van der Waals surface area (Å²) >= 11 is 2.68. The van der Waals surface area contributed by atoms with Crippen LogP contribution in [0.15, 0.2) is 41.0 Å². The molecule has 0 aliphatic heterocycles. The van der Waals surface area contributed by atoms with Crippen LogP contribution in [0.4, 0.5) is 5.13 Å². The fourth-order valence-electron chi connectivity index (χ4n) is 2.05. The van der Waals surface area contributed by atoms with Crippen molar-refractivity contribution in [3.05, 3.63) is 41.7 Å². The van der Waals surface area contributed by atoms with E-state index < -0.39 is 0 Å². The van der Waals surface area contributed by atoms with Crippen LogP contribution in [-0.2, 0) is 18.4 Å². The average Bonchev–Trinajstić information content (AvgIpc) is 3.28. The lowest BCUT2D eigenvalue weighted by Gasteiger charge is -2.10. The monoisotopic (exact) mass is 391 g/mol. The van der Waals surface area contributed by atoms with Gasteiger partial charge in [-0.25, -0.2) is 4.98 Å². The van der Waals surface area contributed by atoms with E-state index in [1.165, 1.54) is 23.1 Å². The number of carbonyl (C=O) groups is 1. The fourth-order valence-corrected chi connectivity index (χ4v) is 3.32. The number of methoxy groups -OCH3 is 1. The molecule has 1 N–H and O–H groups in total. The van der Waals surface area contributed by atoms with Gasteiger partial charge in [-0.15, -0.1) is 21.5 Å². The second-order valence-electron chi connectivity index (χ2n) is 5.07. The zero-order chi connectivity index (χ0) is 18.4. The Hall–Kier alpha value is -2.59. The molecule has 0 atom stereocenters. The summed E-state index contributed by atoms with van der Waals surface area (Å²) in [7, 11) is 3.43. The van der Waals surface area contributed by atoms with Crippen molar-refractivity contribution in [1.82, 2.24) is 19.7 Å². The second-order valence-corrected chi connectivity index (χ2v) is 6.91. The van der Waals surface area contributed by atoms with E-state index in [-0.39, 0.29) is 18.3 Å². The predicted octanol–water partition coefficient (Wildman–Crippen LogP) is 2.59. The summed E-state index contributed by atoms with van der Waals surface area (Å²) in [5.74, 6) is 2.02. The summed E-state index contributed by atoms with van der Waals surface area (Å²) in [5, 5.41) is 14.0. The van der Waals surface area contributed by atoms with Gasteiger partial charge in [0, 0.05) is 18.6 Å². The van der Waals surface area contributed by atoms with Crippen LogP contribution in [0.5, 0.6) is 11.5 Å².